The van der Waals surface area contributed by atoms with Crippen molar-refractivity contribution >= 4 is 17.3 Å². The highest BCUT2D eigenvalue weighted by Crippen LogP contribution is 2.15. The first-order valence-electron chi connectivity index (χ1n) is 9.77. The van der Waals surface area contributed by atoms with Gasteiger partial charge in [-0.15, -0.1) is 0 Å². The number of rotatable bonds is 7. The Bertz CT molecular complexity index is 978. The highest BCUT2D eigenvalue weighted by molar-refractivity contribution is 5.94. The van der Waals surface area contributed by atoms with Gasteiger partial charge >= 0.3 is 0 Å². The fraction of sp³-hybridized carbons (Fsp3) is 0.200. The number of hydrogen-bond donors (Lipinski definition) is 1. The number of carbonyl (C=O) groups is 1. The van der Waals surface area contributed by atoms with Gasteiger partial charge < -0.3 is 5.32 Å². The van der Waals surface area contributed by atoms with E-state index in [-0.39, 0.29) is 5.91 Å². The van der Waals surface area contributed by atoms with E-state index < -0.39 is 0 Å². The molecule has 4 nitrogen and oxygen atoms in total. The van der Waals surface area contributed by atoms with E-state index in [1.807, 2.05) is 92.6 Å². The number of benzene rings is 3. The van der Waals surface area contributed by atoms with Crippen LogP contribution in [0.25, 0.3) is 0 Å². The quantitative estimate of drug-likeness (QED) is 0.460. The van der Waals surface area contributed by atoms with Crippen molar-refractivity contribution in [3.63, 3.8) is 0 Å². The standard InChI is InChI=1S/C25H27N3O/c1-19-8-7-11-23(16-19)25(29)26-18-22-12-14-24(15-13-22)28(3)27-20(2)17-21-9-5-4-6-10-21/h4-16H,17-18H2,1-3H3,(H,26,29)/b27-20-. The maximum absolute atomic E-state index is 12.3. The number of hydrazone groups is 1. The molecule has 1 amide bonds. The van der Waals surface area contributed by atoms with Gasteiger partial charge in [-0.25, -0.2) is 0 Å². The maximum atomic E-state index is 12.3. The lowest BCUT2D eigenvalue weighted by atomic mass is 10.1. The lowest BCUT2D eigenvalue weighted by molar-refractivity contribution is 0.0951. The molecule has 3 aromatic carbocycles. The van der Waals surface area contributed by atoms with Crippen molar-refractivity contribution < 1.29 is 4.79 Å². The molecule has 3 aromatic rings. The van der Waals surface area contributed by atoms with Gasteiger partial charge in [0.05, 0.1) is 5.69 Å². The van der Waals surface area contributed by atoms with Crippen LogP contribution in [0.4, 0.5) is 5.69 Å². The number of hydrogen-bond acceptors (Lipinski definition) is 3. The Morgan fingerprint density at radius 3 is 2.34 bits per heavy atom. The van der Waals surface area contributed by atoms with Crippen molar-refractivity contribution in [2.24, 2.45) is 5.10 Å². The van der Waals surface area contributed by atoms with E-state index in [4.69, 9.17) is 0 Å². The highest BCUT2D eigenvalue weighted by atomic mass is 16.1. The molecule has 0 bridgehead atoms. The van der Waals surface area contributed by atoms with Gasteiger partial charge in [0.15, 0.2) is 0 Å². The van der Waals surface area contributed by atoms with Gasteiger partial charge in [0.1, 0.15) is 0 Å². The molecule has 0 heterocycles. The van der Waals surface area contributed by atoms with Crippen LogP contribution < -0.4 is 10.3 Å². The van der Waals surface area contributed by atoms with E-state index in [2.05, 4.69) is 22.6 Å². The molecule has 0 saturated heterocycles. The average molecular weight is 386 g/mol. The Balaban J connectivity index is 1.56. The summed E-state index contributed by atoms with van der Waals surface area (Å²) in [5.41, 5.74) is 6.12. The zero-order chi connectivity index (χ0) is 20.6. The Kier molecular flexibility index (Phi) is 6.80. The topological polar surface area (TPSA) is 44.7 Å². The minimum Gasteiger partial charge on any atom is -0.348 e. The van der Waals surface area contributed by atoms with E-state index in [9.17, 15) is 4.79 Å². The fourth-order valence-electron chi connectivity index (χ4n) is 3.14. The van der Waals surface area contributed by atoms with Crippen molar-refractivity contribution in [1.82, 2.24) is 5.32 Å². The van der Waals surface area contributed by atoms with Crippen LogP contribution in [0.2, 0.25) is 0 Å². The van der Waals surface area contributed by atoms with Crippen molar-refractivity contribution in [3.05, 3.63) is 101 Å². The van der Waals surface area contributed by atoms with Crippen molar-refractivity contribution in [1.29, 1.82) is 0 Å². The number of carbonyl (C=O) groups excluding carboxylic acids is 1. The van der Waals surface area contributed by atoms with Crippen LogP contribution in [0.15, 0.2) is 84.0 Å². The van der Waals surface area contributed by atoms with Crippen LogP contribution in [0, 0.1) is 6.92 Å². The van der Waals surface area contributed by atoms with Gasteiger partial charge in [0.2, 0.25) is 0 Å². The van der Waals surface area contributed by atoms with Gasteiger partial charge in [-0.2, -0.15) is 5.10 Å². The molecule has 0 unspecified atom stereocenters. The molecule has 3 rings (SSSR count). The highest BCUT2D eigenvalue weighted by Gasteiger charge is 2.06. The van der Waals surface area contributed by atoms with Crippen LogP contribution >= 0.6 is 0 Å². The van der Waals surface area contributed by atoms with Gasteiger partial charge in [-0.1, -0.05) is 60.2 Å². The molecule has 0 aliphatic rings. The van der Waals surface area contributed by atoms with Gasteiger partial charge in [-0.05, 0) is 49.2 Å². The summed E-state index contributed by atoms with van der Waals surface area (Å²) in [6.45, 7) is 4.52. The Morgan fingerprint density at radius 2 is 1.66 bits per heavy atom. The number of aryl methyl sites for hydroxylation is 1. The lowest BCUT2D eigenvalue weighted by Gasteiger charge is -2.15. The fourth-order valence-corrected chi connectivity index (χ4v) is 3.14. The lowest BCUT2D eigenvalue weighted by Crippen LogP contribution is -2.22. The molecular weight excluding hydrogens is 358 g/mol. The molecule has 0 aliphatic heterocycles. The Hall–Kier alpha value is -3.40. The summed E-state index contributed by atoms with van der Waals surface area (Å²) < 4.78 is 0. The summed E-state index contributed by atoms with van der Waals surface area (Å²) >= 11 is 0. The van der Waals surface area contributed by atoms with Crippen LogP contribution in [-0.4, -0.2) is 18.7 Å². The predicted octanol–water partition coefficient (Wildman–Crippen LogP) is 4.98. The van der Waals surface area contributed by atoms with Crippen LogP contribution in [0.1, 0.15) is 34.0 Å². The Morgan fingerprint density at radius 1 is 0.931 bits per heavy atom. The van der Waals surface area contributed by atoms with E-state index >= 15 is 0 Å². The number of nitrogens with zero attached hydrogens (tertiary/aromatic N) is 2. The van der Waals surface area contributed by atoms with Crippen molar-refractivity contribution in [3.8, 4) is 0 Å². The van der Waals surface area contributed by atoms with E-state index in [1.54, 1.807) is 0 Å². The van der Waals surface area contributed by atoms with Crippen LogP contribution in [-0.2, 0) is 13.0 Å². The average Bonchev–Trinajstić information content (AvgIpc) is 2.73. The molecule has 0 fully saturated rings. The normalized spacial score (nSPS) is 11.2. The summed E-state index contributed by atoms with van der Waals surface area (Å²) in [5.74, 6) is -0.0592. The van der Waals surface area contributed by atoms with Gasteiger partial charge in [0.25, 0.3) is 5.91 Å². The largest absolute Gasteiger partial charge is 0.348 e. The molecule has 0 spiro atoms. The number of anilines is 1. The molecule has 1 N–H and O–H groups in total. The van der Waals surface area contributed by atoms with Crippen LogP contribution in [0.5, 0.6) is 0 Å². The maximum Gasteiger partial charge on any atom is 0.251 e. The van der Waals surface area contributed by atoms with Crippen molar-refractivity contribution in [2.45, 2.75) is 26.8 Å². The van der Waals surface area contributed by atoms with Crippen molar-refractivity contribution in [2.75, 3.05) is 12.1 Å². The van der Waals surface area contributed by atoms with Gasteiger partial charge in [-0.3, -0.25) is 9.80 Å². The summed E-state index contributed by atoms with van der Waals surface area (Å²) in [7, 11) is 1.95. The van der Waals surface area contributed by atoms with E-state index in [1.165, 1.54) is 5.56 Å². The zero-order valence-corrected chi connectivity index (χ0v) is 17.2. The van der Waals surface area contributed by atoms with Gasteiger partial charge in [0, 0.05) is 31.3 Å². The molecule has 4 heteroatoms. The Labute approximate surface area is 172 Å². The minimum atomic E-state index is -0.0592. The van der Waals surface area contributed by atoms with E-state index in [0.29, 0.717) is 12.1 Å². The summed E-state index contributed by atoms with van der Waals surface area (Å²) in [6.07, 6.45) is 0.828. The third-order valence-corrected chi connectivity index (χ3v) is 4.67. The molecule has 0 saturated carbocycles. The second-order valence-corrected chi connectivity index (χ2v) is 7.24. The third kappa shape index (κ3) is 6.04. The molecule has 0 radical (unpaired) electrons. The second-order valence-electron chi connectivity index (χ2n) is 7.24. The first kappa shape index (κ1) is 20.3. The molecule has 29 heavy (non-hydrogen) atoms. The second kappa shape index (κ2) is 9.69. The number of nitrogens with one attached hydrogen (secondary N) is 1. The first-order chi connectivity index (χ1) is 14.0. The zero-order valence-electron chi connectivity index (χ0n) is 17.2. The predicted molar refractivity (Wildman–Crippen MR) is 120 cm³/mol. The van der Waals surface area contributed by atoms with Crippen LogP contribution in [0.3, 0.4) is 0 Å². The first-order valence-corrected chi connectivity index (χ1v) is 9.77. The molecular formula is C25H27N3O. The smallest absolute Gasteiger partial charge is 0.251 e. The molecule has 0 aromatic heterocycles. The summed E-state index contributed by atoms with van der Waals surface area (Å²) in [5, 5.41) is 9.53. The number of amides is 1. The summed E-state index contributed by atoms with van der Waals surface area (Å²) in [6, 6.07) is 26.0. The third-order valence-electron chi connectivity index (χ3n) is 4.67. The molecule has 148 valence electrons. The SMILES string of the molecule is C/C(Cc1ccccc1)=N/N(C)c1ccc(CNC(=O)c2cccc(C)c2)cc1. The molecule has 0 aliphatic carbocycles. The minimum absolute atomic E-state index is 0.0592. The summed E-state index contributed by atoms with van der Waals surface area (Å²) in [4.78, 5) is 12.3. The van der Waals surface area contributed by atoms with E-state index in [0.717, 1.165) is 28.9 Å². The monoisotopic (exact) mass is 385 g/mol. The molecule has 0 atom stereocenters.